The third-order valence-corrected chi connectivity index (χ3v) is 5.58. The monoisotopic (exact) mass is 461 g/mol. The lowest BCUT2D eigenvalue weighted by atomic mass is 10.2. The number of carbonyl (C=O) groups is 1. The molecule has 0 radical (unpaired) electrons. The van der Waals surface area contributed by atoms with E-state index in [9.17, 15) is 9.59 Å². The zero-order valence-corrected chi connectivity index (χ0v) is 18.7. The molecule has 4 rings (SSSR count). The van der Waals surface area contributed by atoms with Crippen molar-refractivity contribution in [1.29, 1.82) is 0 Å². The second kappa shape index (κ2) is 9.66. The lowest BCUT2D eigenvalue weighted by molar-refractivity contribution is 0.103. The molecule has 4 aromatic rings. The van der Waals surface area contributed by atoms with Crippen molar-refractivity contribution in [2.45, 2.75) is 9.79 Å². The lowest BCUT2D eigenvalue weighted by Crippen LogP contribution is -2.23. The highest BCUT2D eigenvalue weighted by Gasteiger charge is 2.18. The second-order valence-electron chi connectivity index (χ2n) is 7.26. The summed E-state index contributed by atoms with van der Waals surface area (Å²) in [7, 11) is 3.52. The molecule has 33 heavy (non-hydrogen) atoms. The standard InChI is InChI=1S/C24H20FN5O2S/c1-28(2)14-11-21(31)23-24(32)22(33-18-7-4-3-5-8-18)16-30(27-23)20-10-9-17(15-19(20)25)29-13-6-12-26-29/h3-16H,1-2H3/b14-11+. The Kier molecular flexibility index (Phi) is 6.50. The van der Waals surface area contributed by atoms with E-state index < -0.39 is 17.0 Å². The van der Waals surface area contributed by atoms with Crippen molar-refractivity contribution in [3.63, 3.8) is 0 Å². The zero-order valence-electron chi connectivity index (χ0n) is 17.9. The van der Waals surface area contributed by atoms with Crippen LogP contribution in [0.1, 0.15) is 10.5 Å². The van der Waals surface area contributed by atoms with Crippen LogP contribution in [0.3, 0.4) is 0 Å². The number of rotatable bonds is 7. The Morgan fingerprint density at radius 3 is 2.55 bits per heavy atom. The quantitative estimate of drug-likeness (QED) is 0.306. The van der Waals surface area contributed by atoms with Crippen LogP contribution in [0, 0.1) is 5.82 Å². The van der Waals surface area contributed by atoms with Crippen molar-refractivity contribution in [2.75, 3.05) is 14.1 Å². The molecular formula is C24H20FN5O2S. The molecule has 0 saturated heterocycles. The van der Waals surface area contributed by atoms with Gasteiger partial charge < -0.3 is 4.90 Å². The molecule has 0 atom stereocenters. The van der Waals surface area contributed by atoms with Gasteiger partial charge in [-0.1, -0.05) is 30.0 Å². The van der Waals surface area contributed by atoms with Crippen LogP contribution in [0.25, 0.3) is 11.4 Å². The van der Waals surface area contributed by atoms with Crippen LogP contribution < -0.4 is 5.43 Å². The van der Waals surface area contributed by atoms with Crippen LogP contribution in [0.4, 0.5) is 4.39 Å². The first-order chi connectivity index (χ1) is 15.9. The first-order valence-corrected chi connectivity index (χ1v) is 10.8. The summed E-state index contributed by atoms with van der Waals surface area (Å²) >= 11 is 1.19. The van der Waals surface area contributed by atoms with Crippen LogP contribution in [0.2, 0.25) is 0 Å². The molecule has 0 bridgehead atoms. The summed E-state index contributed by atoms with van der Waals surface area (Å²) in [6.07, 6.45) is 7.54. The van der Waals surface area contributed by atoms with E-state index >= 15 is 4.39 Å². The lowest BCUT2D eigenvalue weighted by Gasteiger charge is -2.12. The number of ketones is 1. The first-order valence-electron chi connectivity index (χ1n) is 9.98. The topological polar surface area (TPSA) is 73.0 Å². The summed E-state index contributed by atoms with van der Waals surface area (Å²) in [4.78, 5) is 28.6. The number of aromatic nitrogens is 4. The van der Waals surface area contributed by atoms with Gasteiger partial charge in [0.15, 0.2) is 11.5 Å². The Hall–Kier alpha value is -3.98. The fraction of sp³-hybridized carbons (Fsp3) is 0.0833. The third-order valence-electron chi connectivity index (χ3n) is 4.56. The highest BCUT2D eigenvalue weighted by molar-refractivity contribution is 7.99. The molecule has 166 valence electrons. The van der Waals surface area contributed by atoms with Crippen LogP contribution in [-0.2, 0) is 0 Å². The van der Waals surface area contributed by atoms with Crippen molar-refractivity contribution < 1.29 is 9.18 Å². The summed E-state index contributed by atoms with van der Waals surface area (Å²) in [5.41, 5.74) is -0.162. The summed E-state index contributed by atoms with van der Waals surface area (Å²) in [5, 5.41) is 8.29. The number of hydrogen-bond donors (Lipinski definition) is 0. The molecule has 0 fully saturated rings. The highest BCUT2D eigenvalue weighted by atomic mass is 32.2. The molecule has 0 aliphatic heterocycles. The number of nitrogens with zero attached hydrogens (tertiary/aromatic N) is 5. The largest absolute Gasteiger partial charge is 0.383 e. The van der Waals surface area contributed by atoms with Crippen LogP contribution in [-0.4, -0.2) is 44.3 Å². The van der Waals surface area contributed by atoms with E-state index in [0.717, 1.165) is 4.90 Å². The molecule has 2 heterocycles. The van der Waals surface area contributed by atoms with Gasteiger partial charge in [-0.25, -0.2) is 13.8 Å². The van der Waals surface area contributed by atoms with Gasteiger partial charge in [0, 0.05) is 55.9 Å². The summed E-state index contributed by atoms with van der Waals surface area (Å²) in [5.74, 6) is -1.14. The minimum Gasteiger partial charge on any atom is -0.383 e. The van der Waals surface area contributed by atoms with Gasteiger partial charge in [0.05, 0.1) is 10.6 Å². The predicted octanol–water partition coefficient (Wildman–Crippen LogP) is 3.97. The molecule has 2 aromatic heterocycles. The number of hydrogen-bond acceptors (Lipinski definition) is 6. The smallest absolute Gasteiger partial charge is 0.225 e. The van der Waals surface area contributed by atoms with Gasteiger partial charge in [0.25, 0.3) is 0 Å². The van der Waals surface area contributed by atoms with Crippen molar-refractivity contribution in [1.82, 2.24) is 24.5 Å². The second-order valence-corrected chi connectivity index (χ2v) is 8.38. The average Bonchev–Trinajstić information content (AvgIpc) is 3.34. The van der Waals surface area contributed by atoms with Gasteiger partial charge in [-0.15, -0.1) is 0 Å². The van der Waals surface area contributed by atoms with E-state index in [2.05, 4.69) is 10.2 Å². The number of allylic oxidation sites excluding steroid dienone is 1. The maximum atomic E-state index is 15.1. The molecule has 2 aromatic carbocycles. The van der Waals surface area contributed by atoms with Crippen molar-refractivity contribution >= 4 is 17.5 Å². The van der Waals surface area contributed by atoms with Crippen molar-refractivity contribution in [3.05, 3.63) is 107 Å². The van der Waals surface area contributed by atoms with Crippen LogP contribution in [0.5, 0.6) is 0 Å². The molecule has 0 unspecified atom stereocenters. The van der Waals surface area contributed by atoms with Gasteiger partial charge in [-0.05, 0) is 30.3 Å². The Balaban J connectivity index is 1.82. The maximum absolute atomic E-state index is 15.1. The van der Waals surface area contributed by atoms with E-state index in [1.165, 1.54) is 51.7 Å². The molecule has 0 saturated carbocycles. The minimum absolute atomic E-state index is 0.103. The van der Waals surface area contributed by atoms with Gasteiger partial charge in [-0.3, -0.25) is 9.59 Å². The Labute approximate surface area is 193 Å². The summed E-state index contributed by atoms with van der Waals surface area (Å²) in [6, 6.07) is 15.5. The number of benzene rings is 2. The Morgan fingerprint density at radius 1 is 1.09 bits per heavy atom. The molecule has 0 N–H and O–H groups in total. The first kappa shape index (κ1) is 22.2. The fourth-order valence-electron chi connectivity index (χ4n) is 2.98. The number of halogens is 1. The van der Waals surface area contributed by atoms with Gasteiger partial charge in [0.1, 0.15) is 5.69 Å². The Morgan fingerprint density at radius 2 is 1.88 bits per heavy atom. The molecule has 0 aliphatic carbocycles. The van der Waals surface area contributed by atoms with Crippen LogP contribution >= 0.6 is 11.8 Å². The van der Waals surface area contributed by atoms with Crippen molar-refractivity contribution in [3.8, 4) is 11.4 Å². The molecule has 0 aliphatic rings. The predicted molar refractivity (Wildman–Crippen MR) is 125 cm³/mol. The van der Waals surface area contributed by atoms with E-state index in [0.29, 0.717) is 5.69 Å². The van der Waals surface area contributed by atoms with E-state index in [1.54, 1.807) is 43.5 Å². The molecule has 9 heteroatoms. The van der Waals surface area contributed by atoms with E-state index in [1.807, 2.05) is 30.3 Å². The molecular weight excluding hydrogens is 441 g/mol. The fourth-order valence-corrected chi connectivity index (χ4v) is 3.87. The van der Waals surface area contributed by atoms with Gasteiger partial charge in [-0.2, -0.15) is 10.2 Å². The third kappa shape index (κ3) is 5.09. The normalized spacial score (nSPS) is 11.1. The van der Waals surface area contributed by atoms with E-state index in [-0.39, 0.29) is 16.3 Å². The minimum atomic E-state index is -0.572. The van der Waals surface area contributed by atoms with Gasteiger partial charge >= 0.3 is 0 Å². The zero-order chi connectivity index (χ0) is 23.4. The van der Waals surface area contributed by atoms with Crippen LogP contribution in [0.15, 0.2) is 100 Å². The summed E-state index contributed by atoms with van der Waals surface area (Å²) in [6.45, 7) is 0. The number of carbonyl (C=O) groups excluding carboxylic acids is 1. The summed E-state index contributed by atoms with van der Waals surface area (Å²) < 4.78 is 17.8. The Bertz CT molecular complexity index is 1370. The SMILES string of the molecule is CN(C)/C=C/C(=O)c1nn(-c2ccc(-n3cccn3)cc2F)cc(Sc2ccccc2)c1=O. The molecule has 7 nitrogen and oxygen atoms in total. The van der Waals surface area contributed by atoms with Crippen molar-refractivity contribution in [2.24, 2.45) is 0 Å². The molecule has 0 spiro atoms. The van der Waals surface area contributed by atoms with E-state index in [4.69, 9.17) is 0 Å². The maximum Gasteiger partial charge on any atom is 0.225 e. The molecule has 0 amide bonds. The van der Waals surface area contributed by atoms with Gasteiger partial charge in [0.2, 0.25) is 11.2 Å². The average molecular weight is 462 g/mol. The highest BCUT2D eigenvalue weighted by Crippen LogP contribution is 2.26.